The lowest BCUT2D eigenvalue weighted by molar-refractivity contribution is 0.329. The monoisotopic (exact) mass is 203 g/mol. The van der Waals surface area contributed by atoms with E-state index in [1.54, 1.807) is 5.57 Å². The smallest absolute Gasteiger partial charge is 0.00172 e. The molecule has 0 aromatic carbocycles. The van der Waals surface area contributed by atoms with Crippen molar-refractivity contribution >= 4 is 0 Å². The predicted molar refractivity (Wildman–Crippen MR) is 65.7 cm³/mol. The second-order valence-corrected chi connectivity index (χ2v) is 4.88. The quantitative estimate of drug-likeness (QED) is 0.727. The molecular weight excluding hydrogens is 182 g/mol. The molecule has 1 aliphatic carbocycles. The van der Waals surface area contributed by atoms with Crippen LogP contribution in [0.25, 0.3) is 0 Å². The molecular formula is C14H21N. The van der Waals surface area contributed by atoms with Gasteiger partial charge in [0.15, 0.2) is 0 Å². The predicted octanol–water partition coefficient (Wildman–Crippen LogP) is 3.06. The third kappa shape index (κ3) is 2.60. The third-order valence-corrected chi connectivity index (χ3v) is 3.57. The van der Waals surface area contributed by atoms with Gasteiger partial charge in [0.1, 0.15) is 0 Å². The van der Waals surface area contributed by atoms with E-state index < -0.39 is 0 Å². The Bertz CT molecular complexity index is 298. The van der Waals surface area contributed by atoms with Crippen LogP contribution in [0.2, 0.25) is 0 Å². The van der Waals surface area contributed by atoms with E-state index in [0.717, 1.165) is 11.8 Å². The maximum atomic E-state index is 3.82. The van der Waals surface area contributed by atoms with Gasteiger partial charge in [0.2, 0.25) is 0 Å². The van der Waals surface area contributed by atoms with Crippen molar-refractivity contribution in [3.05, 3.63) is 36.0 Å². The number of allylic oxidation sites excluding steroid dienone is 4. The maximum Gasteiger partial charge on any atom is 0.00172 e. The van der Waals surface area contributed by atoms with Gasteiger partial charge in [0, 0.05) is 6.54 Å². The highest BCUT2D eigenvalue weighted by Gasteiger charge is 2.22. The Kier molecular flexibility index (Phi) is 3.42. The van der Waals surface area contributed by atoms with Gasteiger partial charge in [-0.05, 0) is 43.2 Å². The summed E-state index contributed by atoms with van der Waals surface area (Å²) in [6, 6.07) is 0. The number of hydrogen-bond acceptors (Lipinski definition) is 1. The fourth-order valence-corrected chi connectivity index (χ4v) is 2.62. The van der Waals surface area contributed by atoms with E-state index in [1.165, 1.54) is 37.9 Å². The second kappa shape index (κ2) is 4.80. The van der Waals surface area contributed by atoms with Crippen molar-refractivity contribution in [2.75, 3.05) is 13.1 Å². The van der Waals surface area contributed by atoms with Crippen LogP contribution < -0.4 is 5.32 Å². The molecule has 0 spiro atoms. The minimum atomic E-state index is 0.774. The number of piperidine rings is 1. The molecule has 0 aromatic rings. The highest BCUT2D eigenvalue weighted by molar-refractivity contribution is 5.31. The molecule has 0 radical (unpaired) electrons. The van der Waals surface area contributed by atoms with Gasteiger partial charge in [-0.15, -0.1) is 0 Å². The van der Waals surface area contributed by atoms with Crippen LogP contribution >= 0.6 is 0 Å². The Morgan fingerprint density at radius 1 is 1.33 bits per heavy atom. The Labute approximate surface area is 93.0 Å². The van der Waals surface area contributed by atoms with Crippen molar-refractivity contribution in [2.45, 2.75) is 26.2 Å². The molecule has 2 aliphatic rings. The van der Waals surface area contributed by atoms with Crippen LogP contribution in [0.15, 0.2) is 36.0 Å². The Morgan fingerprint density at radius 3 is 2.80 bits per heavy atom. The molecule has 2 unspecified atom stereocenters. The lowest BCUT2D eigenvalue weighted by Crippen LogP contribution is -2.36. The summed E-state index contributed by atoms with van der Waals surface area (Å²) in [5.74, 6) is 1.60. The normalized spacial score (nSPS) is 31.8. The fourth-order valence-electron chi connectivity index (χ4n) is 2.62. The van der Waals surface area contributed by atoms with Crippen molar-refractivity contribution in [1.82, 2.24) is 5.32 Å². The lowest BCUT2D eigenvalue weighted by Gasteiger charge is -2.30. The van der Waals surface area contributed by atoms with Crippen LogP contribution in [-0.4, -0.2) is 13.1 Å². The molecule has 1 nitrogen and oxygen atoms in total. The van der Waals surface area contributed by atoms with Gasteiger partial charge in [0.25, 0.3) is 0 Å². The van der Waals surface area contributed by atoms with E-state index >= 15 is 0 Å². The van der Waals surface area contributed by atoms with E-state index in [9.17, 15) is 0 Å². The summed E-state index contributed by atoms with van der Waals surface area (Å²) in [6.45, 7) is 8.53. The lowest BCUT2D eigenvalue weighted by atomic mass is 9.82. The average molecular weight is 203 g/mol. The van der Waals surface area contributed by atoms with Gasteiger partial charge in [-0.1, -0.05) is 37.3 Å². The molecule has 1 fully saturated rings. The van der Waals surface area contributed by atoms with Gasteiger partial charge < -0.3 is 5.32 Å². The first-order chi connectivity index (χ1) is 7.29. The molecule has 0 saturated carbocycles. The first kappa shape index (κ1) is 10.7. The van der Waals surface area contributed by atoms with Crippen LogP contribution in [-0.2, 0) is 0 Å². The zero-order chi connectivity index (χ0) is 10.7. The van der Waals surface area contributed by atoms with Crippen molar-refractivity contribution in [1.29, 1.82) is 0 Å². The molecule has 1 heterocycles. The molecule has 15 heavy (non-hydrogen) atoms. The highest BCUT2D eigenvalue weighted by Crippen LogP contribution is 2.30. The molecule has 1 N–H and O–H groups in total. The van der Waals surface area contributed by atoms with Gasteiger partial charge in [0.05, 0.1) is 0 Å². The summed E-state index contributed by atoms with van der Waals surface area (Å²) in [5, 5.41) is 3.53. The van der Waals surface area contributed by atoms with Crippen molar-refractivity contribution in [3.63, 3.8) is 0 Å². The highest BCUT2D eigenvalue weighted by atomic mass is 14.9. The first-order valence-electron chi connectivity index (χ1n) is 6.02. The summed E-state index contributed by atoms with van der Waals surface area (Å²) < 4.78 is 0. The SMILES string of the molecule is C=CC1=CC=C(C2CNCC(C)C2)CC1. The van der Waals surface area contributed by atoms with Crippen LogP contribution in [0.5, 0.6) is 0 Å². The molecule has 0 amide bonds. The largest absolute Gasteiger partial charge is 0.316 e. The van der Waals surface area contributed by atoms with Crippen molar-refractivity contribution < 1.29 is 0 Å². The minimum Gasteiger partial charge on any atom is -0.316 e. The van der Waals surface area contributed by atoms with Crippen molar-refractivity contribution in [2.24, 2.45) is 11.8 Å². The summed E-state index contributed by atoms with van der Waals surface area (Å²) in [4.78, 5) is 0. The molecule has 0 bridgehead atoms. The average Bonchev–Trinajstić information content (AvgIpc) is 2.29. The number of rotatable bonds is 2. The zero-order valence-electron chi connectivity index (χ0n) is 9.63. The number of nitrogens with one attached hydrogen (secondary N) is 1. The molecule has 1 heteroatoms. The molecule has 2 rings (SSSR count). The summed E-state index contributed by atoms with van der Waals surface area (Å²) in [5.41, 5.74) is 3.02. The molecule has 2 atom stereocenters. The van der Waals surface area contributed by atoms with Gasteiger partial charge in [-0.25, -0.2) is 0 Å². The summed E-state index contributed by atoms with van der Waals surface area (Å²) >= 11 is 0. The van der Waals surface area contributed by atoms with Crippen LogP contribution in [0.1, 0.15) is 26.2 Å². The zero-order valence-corrected chi connectivity index (χ0v) is 9.63. The van der Waals surface area contributed by atoms with Crippen LogP contribution in [0.4, 0.5) is 0 Å². The van der Waals surface area contributed by atoms with E-state index in [-0.39, 0.29) is 0 Å². The summed E-state index contributed by atoms with van der Waals surface area (Å²) in [6.07, 6.45) is 10.3. The van der Waals surface area contributed by atoms with Crippen molar-refractivity contribution in [3.8, 4) is 0 Å². The Hall–Kier alpha value is -0.820. The minimum absolute atomic E-state index is 0.774. The second-order valence-electron chi connectivity index (χ2n) is 4.88. The van der Waals surface area contributed by atoms with E-state index in [0.29, 0.717) is 0 Å². The fraction of sp³-hybridized carbons (Fsp3) is 0.571. The standard InChI is InChI=1S/C14H21N/c1-3-12-4-6-13(7-5-12)14-8-11(2)9-15-10-14/h3-4,6,11,14-15H,1,5,7-10H2,2H3. The molecule has 1 aliphatic heterocycles. The Balaban J connectivity index is 2.02. The van der Waals surface area contributed by atoms with Gasteiger partial charge in [-0.3, -0.25) is 0 Å². The molecule has 1 saturated heterocycles. The topological polar surface area (TPSA) is 12.0 Å². The molecule has 82 valence electrons. The third-order valence-electron chi connectivity index (χ3n) is 3.57. The van der Waals surface area contributed by atoms with E-state index in [2.05, 4.69) is 31.0 Å². The van der Waals surface area contributed by atoms with Crippen LogP contribution in [0, 0.1) is 11.8 Å². The molecule has 0 aromatic heterocycles. The van der Waals surface area contributed by atoms with Gasteiger partial charge >= 0.3 is 0 Å². The first-order valence-corrected chi connectivity index (χ1v) is 6.02. The summed E-state index contributed by atoms with van der Waals surface area (Å²) in [7, 11) is 0. The van der Waals surface area contributed by atoms with Gasteiger partial charge in [-0.2, -0.15) is 0 Å². The number of hydrogen-bond donors (Lipinski definition) is 1. The Morgan fingerprint density at radius 2 is 2.20 bits per heavy atom. The van der Waals surface area contributed by atoms with Crippen LogP contribution in [0.3, 0.4) is 0 Å². The van der Waals surface area contributed by atoms with E-state index in [1.807, 2.05) is 6.08 Å². The maximum absolute atomic E-state index is 3.82. The van der Waals surface area contributed by atoms with E-state index in [4.69, 9.17) is 0 Å².